The number of sulfonamides is 1. The van der Waals surface area contributed by atoms with Crippen LogP contribution in [-0.2, 0) is 19.6 Å². The van der Waals surface area contributed by atoms with Crippen LogP contribution in [0.3, 0.4) is 0 Å². The Bertz CT molecular complexity index is 698. The molecule has 7 heteroatoms. The zero-order chi connectivity index (χ0) is 20.8. The standard InChI is InChI=1S/C20H33NO5S/c1-13(2)11-17(12-26-20(23)16(6)19(22)14(3)4)21-27(24,25)18-9-7-15(5)8-10-18/h7-10,13-14,16-17,19,21-22H,11-12H2,1-6H3/t16-,17-,19+/m0/s1. The van der Waals surface area contributed by atoms with Crippen molar-refractivity contribution in [3.8, 4) is 0 Å². The van der Waals surface area contributed by atoms with Gasteiger partial charge in [0.05, 0.1) is 23.0 Å². The molecule has 0 aliphatic rings. The van der Waals surface area contributed by atoms with E-state index >= 15 is 0 Å². The van der Waals surface area contributed by atoms with E-state index in [1.165, 1.54) is 0 Å². The molecular formula is C20H33NO5S. The number of hydrogen-bond donors (Lipinski definition) is 2. The zero-order valence-electron chi connectivity index (χ0n) is 17.1. The van der Waals surface area contributed by atoms with E-state index in [9.17, 15) is 18.3 Å². The van der Waals surface area contributed by atoms with E-state index in [0.29, 0.717) is 6.42 Å². The van der Waals surface area contributed by atoms with Crippen LogP contribution in [0.2, 0.25) is 0 Å². The molecule has 0 saturated carbocycles. The van der Waals surface area contributed by atoms with Crippen molar-refractivity contribution in [1.82, 2.24) is 4.72 Å². The Morgan fingerprint density at radius 1 is 1.11 bits per heavy atom. The van der Waals surface area contributed by atoms with E-state index in [2.05, 4.69) is 4.72 Å². The number of carbonyl (C=O) groups is 1. The predicted molar refractivity (Wildman–Crippen MR) is 106 cm³/mol. The minimum Gasteiger partial charge on any atom is -0.464 e. The Balaban J connectivity index is 2.81. The van der Waals surface area contributed by atoms with Gasteiger partial charge in [0.1, 0.15) is 6.61 Å². The summed E-state index contributed by atoms with van der Waals surface area (Å²) in [6.07, 6.45) is -0.273. The fraction of sp³-hybridized carbons (Fsp3) is 0.650. The molecule has 0 spiro atoms. The number of carbonyl (C=O) groups excluding carboxylic acids is 1. The van der Waals surface area contributed by atoms with Gasteiger partial charge in [-0.1, -0.05) is 45.4 Å². The van der Waals surface area contributed by atoms with E-state index < -0.39 is 34.1 Å². The van der Waals surface area contributed by atoms with Gasteiger partial charge >= 0.3 is 5.97 Å². The van der Waals surface area contributed by atoms with Crippen molar-refractivity contribution in [2.24, 2.45) is 17.8 Å². The topological polar surface area (TPSA) is 92.7 Å². The maximum atomic E-state index is 12.6. The largest absolute Gasteiger partial charge is 0.464 e. The van der Waals surface area contributed by atoms with Crippen molar-refractivity contribution < 1.29 is 23.1 Å². The van der Waals surface area contributed by atoms with Gasteiger partial charge in [0.2, 0.25) is 10.0 Å². The summed E-state index contributed by atoms with van der Waals surface area (Å²) in [6, 6.07) is 6.04. The molecule has 0 aliphatic heterocycles. The molecule has 1 aromatic rings. The summed E-state index contributed by atoms with van der Waals surface area (Å²) in [6.45, 7) is 11.0. The lowest BCUT2D eigenvalue weighted by Gasteiger charge is -2.24. The highest BCUT2D eigenvalue weighted by Crippen LogP contribution is 2.16. The van der Waals surface area contributed by atoms with Crippen LogP contribution in [-0.4, -0.2) is 38.2 Å². The summed E-state index contributed by atoms with van der Waals surface area (Å²) in [7, 11) is -3.71. The van der Waals surface area contributed by atoms with E-state index in [1.54, 1.807) is 31.2 Å². The van der Waals surface area contributed by atoms with Crippen molar-refractivity contribution in [2.45, 2.75) is 65.0 Å². The number of aliphatic hydroxyl groups excluding tert-OH is 1. The monoisotopic (exact) mass is 399 g/mol. The summed E-state index contributed by atoms with van der Waals surface area (Å²) >= 11 is 0. The van der Waals surface area contributed by atoms with Gasteiger partial charge in [-0.05, 0) is 44.2 Å². The fourth-order valence-corrected chi connectivity index (χ4v) is 3.99. The third kappa shape index (κ3) is 7.60. The first-order valence-corrected chi connectivity index (χ1v) is 10.9. The minimum absolute atomic E-state index is 0.0703. The van der Waals surface area contributed by atoms with Gasteiger partial charge in [0.15, 0.2) is 0 Å². The third-order valence-corrected chi connectivity index (χ3v) is 5.94. The molecule has 2 N–H and O–H groups in total. The lowest BCUT2D eigenvalue weighted by atomic mass is 9.95. The number of aliphatic hydroxyl groups is 1. The maximum absolute atomic E-state index is 12.6. The molecule has 1 rings (SSSR count). The quantitative estimate of drug-likeness (QED) is 0.590. The van der Waals surface area contributed by atoms with Gasteiger partial charge in [-0.3, -0.25) is 4.79 Å². The molecule has 3 atom stereocenters. The SMILES string of the molecule is Cc1ccc(S(=O)(=O)N[C@H](COC(=O)[C@@H](C)[C@H](O)C(C)C)CC(C)C)cc1. The molecule has 0 unspecified atom stereocenters. The molecule has 0 amide bonds. The van der Waals surface area contributed by atoms with Gasteiger partial charge in [-0.25, -0.2) is 13.1 Å². The molecule has 0 bridgehead atoms. The molecule has 0 radical (unpaired) electrons. The average molecular weight is 400 g/mol. The van der Waals surface area contributed by atoms with Gasteiger partial charge in [-0.15, -0.1) is 0 Å². The molecule has 154 valence electrons. The summed E-state index contributed by atoms with van der Waals surface area (Å²) < 4.78 is 33.2. The molecule has 0 aliphatic carbocycles. The summed E-state index contributed by atoms with van der Waals surface area (Å²) in [4.78, 5) is 12.4. The van der Waals surface area contributed by atoms with Gasteiger partial charge in [0, 0.05) is 0 Å². The Hall–Kier alpha value is -1.44. The predicted octanol–water partition coefficient (Wildman–Crippen LogP) is 2.88. The van der Waals surface area contributed by atoms with Crippen molar-refractivity contribution in [3.63, 3.8) is 0 Å². The average Bonchev–Trinajstić information content (AvgIpc) is 2.57. The molecule has 0 saturated heterocycles. The Labute approximate surface area is 163 Å². The first kappa shape index (κ1) is 23.6. The number of ether oxygens (including phenoxy) is 1. The van der Waals surface area contributed by atoms with Crippen LogP contribution in [0.25, 0.3) is 0 Å². The van der Waals surface area contributed by atoms with Crippen LogP contribution in [0.5, 0.6) is 0 Å². The minimum atomic E-state index is -3.71. The molecule has 27 heavy (non-hydrogen) atoms. The lowest BCUT2D eigenvalue weighted by Crippen LogP contribution is -2.41. The van der Waals surface area contributed by atoms with Crippen molar-refractivity contribution in [2.75, 3.05) is 6.61 Å². The molecule has 0 fully saturated rings. The smallest absolute Gasteiger partial charge is 0.311 e. The highest BCUT2D eigenvalue weighted by atomic mass is 32.2. The number of aryl methyl sites for hydroxylation is 1. The Kier molecular flexibility index (Phi) is 8.91. The van der Waals surface area contributed by atoms with E-state index in [1.807, 2.05) is 34.6 Å². The van der Waals surface area contributed by atoms with E-state index in [0.717, 1.165) is 5.56 Å². The first-order chi connectivity index (χ1) is 12.4. The van der Waals surface area contributed by atoms with Gasteiger partial charge in [0.25, 0.3) is 0 Å². The van der Waals surface area contributed by atoms with Crippen LogP contribution in [0.4, 0.5) is 0 Å². The van der Waals surface area contributed by atoms with Gasteiger partial charge in [-0.2, -0.15) is 0 Å². The highest BCUT2D eigenvalue weighted by molar-refractivity contribution is 7.89. The number of nitrogens with one attached hydrogen (secondary N) is 1. The van der Waals surface area contributed by atoms with Crippen molar-refractivity contribution in [3.05, 3.63) is 29.8 Å². The molecule has 0 heterocycles. The molecule has 6 nitrogen and oxygen atoms in total. The molecule has 0 aromatic heterocycles. The fourth-order valence-electron chi connectivity index (χ4n) is 2.76. The lowest BCUT2D eigenvalue weighted by molar-refractivity contribution is -0.153. The van der Waals surface area contributed by atoms with Crippen LogP contribution >= 0.6 is 0 Å². The van der Waals surface area contributed by atoms with Crippen molar-refractivity contribution >= 4 is 16.0 Å². The second-order valence-electron chi connectivity index (χ2n) is 7.91. The summed E-state index contributed by atoms with van der Waals surface area (Å²) in [5, 5.41) is 10.0. The number of esters is 1. The van der Waals surface area contributed by atoms with Gasteiger partial charge < -0.3 is 9.84 Å². The molecule has 1 aromatic carbocycles. The summed E-state index contributed by atoms with van der Waals surface area (Å²) in [5.74, 6) is -1.05. The van der Waals surface area contributed by atoms with Crippen LogP contribution in [0, 0.1) is 24.7 Å². The van der Waals surface area contributed by atoms with Crippen LogP contribution in [0.15, 0.2) is 29.2 Å². The second kappa shape index (κ2) is 10.2. The van der Waals surface area contributed by atoms with E-state index in [-0.39, 0.29) is 23.3 Å². The Morgan fingerprint density at radius 2 is 1.67 bits per heavy atom. The normalized spacial score (nSPS) is 15.6. The number of benzene rings is 1. The van der Waals surface area contributed by atoms with E-state index in [4.69, 9.17) is 4.74 Å². The zero-order valence-corrected chi connectivity index (χ0v) is 17.9. The first-order valence-electron chi connectivity index (χ1n) is 9.37. The van der Waals surface area contributed by atoms with Crippen LogP contribution in [0.1, 0.15) is 46.6 Å². The third-order valence-electron chi connectivity index (χ3n) is 4.40. The van der Waals surface area contributed by atoms with Crippen molar-refractivity contribution in [1.29, 1.82) is 0 Å². The maximum Gasteiger partial charge on any atom is 0.311 e. The van der Waals surface area contributed by atoms with Crippen LogP contribution < -0.4 is 4.72 Å². The highest BCUT2D eigenvalue weighted by Gasteiger charge is 2.28. The Morgan fingerprint density at radius 3 is 2.15 bits per heavy atom. The second-order valence-corrected chi connectivity index (χ2v) is 9.63. The summed E-state index contributed by atoms with van der Waals surface area (Å²) in [5.41, 5.74) is 0.972. The number of rotatable bonds is 10. The number of hydrogen-bond acceptors (Lipinski definition) is 5. The molecular weight excluding hydrogens is 366 g/mol.